The molecule has 1 N–H and O–H groups in total. The van der Waals surface area contributed by atoms with E-state index in [0.717, 1.165) is 0 Å². The Labute approximate surface area is 99.2 Å². The Hall–Kier alpha value is 1.31. The Morgan fingerprint density at radius 3 is 1.54 bits per heavy atom. The fourth-order valence-electron chi connectivity index (χ4n) is 1.81. The summed E-state index contributed by atoms with van der Waals surface area (Å²) >= 11 is -0.639. The lowest BCUT2D eigenvalue weighted by molar-refractivity contribution is 0.219. The Balaban J connectivity index is 0.000000424. The fraction of sp³-hybridized carbons (Fsp3) is 0.889. The average Bonchev–Trinajstić information content (AvgIpc) is 1.82. The molecule has 13 heavy (non-hydrogen) atoms. The highest BCUT2D eigenvalue weighted by Gasteiger charge is 2.31. The SMILES string of the molecule is CC1(C)C[CH]CC(C)(C)N1.[Cl][Mg][Cl]. The molecule has 0 atom stereocenters. The van der Waals surface area contributed by atoms with E-state index in [1.807, 2.05) is 0 Å². The van der Waals surface area contributed by atoms with E-state index in [4.69, 9.17) is 18.1 Å². The highest BCUT2D eigenvalue weighted by Crippen LogP contribution is 2.26. The maximum absolute atomic E-state index is 4.90. The molecule has 1 radical (unpaired) electrons. The number of rotatable bonds is 0. The molecule has 0 amide bonds. The van der Waals surface area contributed by atoms with Crippen molar-refractivity contribution in [1.29, 1.82) is 0 Å². The summed E-state index contributed by atoms with van der Waals surface area (Å²) in [6.45, 7) is 9.02. The first kappa shape index (κ1) is 14.3. The Kier molecular flexibility index (Phi) is 6.62. The molecular formula is C9H18Cl2MgN. The van der Waals surface area contributed by atoms with Crippen LogP contribution in [0.3, 0.4) is 0 Å². The Morgan fingerprint density at radius 1 is 1.08 bits per heavy atom. The van der Waals surface area contributed by atoms with Crippen molar-refractivity contribution in [3.05, 3.63) is 6.42 Å². The van der Waals surface area contributed by atoms with Crippen LogP contribution in [0.2, 0.25) is 0 Å². The molecule has 0 spiro atoms. The van der Waals surface area contributed by atoms with E-state index in [-0.39, 0.29) is 0 Å². The molecule has 1 saturated heterocycles. The number of halogens is 2. The van der Waals surface area contributed by atoms with Gasteiger partial charge in [0.25, 0.3) is 0 Å². The van der Waals surface area contributed by atoms with Crippen molar-refractivity contribution in [2.45, 2.75) is 51.6 Å². The Bertz CT molecular complexity index is 135. The van der Waals surface area contributed by atoms with Gasteiger partial charge in [0.15, 0.2) is 0 Å². The van der Waals surface area contributed by atoms with Gasteiger partial charge >= 0.3 is 18.2 Å². The number of hydrogen-bond donors (Lipinski definition) is 1. The van der Waals surface area contributed by atoms with Gasteiger partial charge in [0, 0.05) is 11.1 Å². The van der Waals surface area contributed by atoms with Gasteiger partial charge in [-0.2, -0.15) is 0 Å². The molecule has 1 rings (SSSR count). The maximum atomic E-state index is 4.90. The topological polar surface area (TPSA) is 12.0 Å². The van der Waals surface area contributed by atoms with Crippen molar-refractivity contribution in [3.8, 4) is 0 Å². The second-order valence-electron chi connectivity index (χ2n) is 4.69. The summed E-state index contributed by atoms with van der Waals surface area (Å²) in [6, 6.07) is 0. The van der Waals surface area contributed by atoms with Gasteiger partial charge in [0.05, 0.1) is 0 Å². The van der Waals surface area contributed by atoms with Crippen molar-refractivity contribution in [3.63, 3.8) is 0 Å². The van der Waals surface area contributed by atoms with Crippen molar-refractivity contribution in [1.82, 2.24) is 5.32 Å². The van der Waals surface area contributed by atoms with Gasteiger partial charge in [-0.1, -0.05) is 0 Å². The van der Waals surface area contributed by atoms with Crippen molar-refractivity contribution < 1.29 is 0 Å². The first-order valence-electron chi connectivity index (χ1n) is 4.56. The van der Waals surface area contributed by atoms with E-state index < -0.39 is 18.2 Å². The molecule has 1 fully saturated rings. The summed E-state index contributed by atoms with van der Waals surface area (Å²) in [5.74, 6) is 0. The number of hydrogen-bond acceptors (Lipinski definition) is 1. The second kappa shape index (κ2) is 6.01. The molecular weight excluding hydrogens is 217 g/mol. The monoisotopic (exact) mass is 234 g/mol. The van der Waals surface area contributed by atoms with Gasteiger partial charge in [-0.3, -0.25) is 0 Å². The van der Waals surface area contributed by atoms with Crippen molar-refractivity contribution in [2.24, 2.45) is 0 Å². The van der Waals surface area contributed by atoms with Crippen LogP contribution in [-0.4, -0.2) is 29.2 Å². The minimum absolute atomic E-state index is 0.307. The van der Waals surface area contributed by atoms with Crippen LogP contribution in [0.15, 0.2) is 0 Å². The predicted octanol–water partition coefficient (Wildman–Crippen LogP) is 3.13. The normalized spacial score (nSPS) is 23.8. The van der Waals surface area contributed by atoms with Crippen LogP contribution in [0.4, 0.5) is 0 Å². The van der Waals surface area contributed by atoms with Gasteiger partial charge in [-0.05, 0) is 47.0 Å². The van der Waals surface area contributed by atoms with Crippen LogP contribution >= 0.6 is 18.1 Å². The molecule has 0 aromatic rings. The minimum atomic E-state index is -0.639. The van der Waals surface area contributed by atoms with Gasteiger partial charge in [-0.25, -0.2) is 0 Å². The standard InChI is InChI=1S/C9H18N.2ClH.Mg/c1-8(2)6-5-7-9(3,4)10-8;;;/h5,10H,6-7H2,1-4H3;2*1H;/q;;;+2/p-2. The van der Waals surface area contributed by atoms with E-state index in [2.05, 4.69) is 39.4 Å². The first-order valence-corrected chi connectivity index (χ1v) is 8.83. The van der Waals surface area contributed by atoms with Crippen LogP contribution in [0.5, 0.6) is 0 Å². The third-order valence-electron chi connectivity index (χ3n) is 1.99. The van der Waals surface area contributed by atoms with Crippen LogP contribution in [0.1, 0.15) is 40.5 Å². The highest BCUT2D eigenvalue weighted by atomic mass is 35.6. The lowest BCUT2D eigenvalue weighted by atomic mass is 9.83. The largest absolute Gasteiger partial charge is 0.618 e. The lowest BCUT2D eigenvalue weighted by Gasteiger charge is -2.42. The smallest absolute Gasteiger partial charge is 0.309 e. The Morgan fingerprint density at radius 2 is 1.38 bits per heavy atom. The summed E-state index contributed by atoms with van der Waals surface area (Å²) in [7, 11) is 9.81. The molecule has 1 aliphatic rings. The van der Waals surface area contributed by atoms with Crippen molar-refractivity contribution >= 4 is 36.3 Å². The molecule has 1 aliphatic heterocycles. The molecule has 1 nitrogen and oxygen atoms in total. The molecule has 75 valence electrons. The van der Waals surface area contributed by atoms with Gasteiger partial charge < -0.3 is 23.5 Å². The first-order chi connectivity index (χ1) is 5.83. The summed E-state index contributed by atoms with van der Waals surface area (Å²) < 4.78 is 0. The molecule has 0 aromatic heterocycles. The third-order valence-corrected chi connectivity index (χ3v) is 1.99. The number of piperidine rings is 1. The summed E-state index contributed by atoms with van der Waals surface area (Å²) in [4.78, 5) is 0. The third kappa shape index (κ3) is 7.26. The summed E-state index contributed by atoms with van der Waals surface area (Å²) in [6.07, 6.45) is 4.77. The highest BCUT2D eigenvalue weighted by molar-refractivity contribution is 7.22. The number of nitrogens with one attached hydrogen (secondary N) is 1. The lowest BCUT2D eigenvalue weighted by Crippen LogP contribution is -2.55. The molecule has 0 saturated carbocycles. The van der Waals surface area contributed by atoms with Crippen LogP contribution < -0.4 is 5.32 Å². The van der Waals surface area contributed by atoms with Gasteiger partial charge in [0.2, 0.25) is 0 Å². The predicted molar refractivity (Wildman–Crippen MR) is 62.3 cm³/mol. The zero-order chi connectivity index (χ0) is 10.5. The molecule has 0 aliphatic carbocycles. The molecule has 1 heterocycles. The summed E-state index contributed by atoms with van der Waals surface area (Å²) in [5.41, 5.74) is 0.615. The van der Waals surface area contributed by atoms with Crippen molar-refractivity contribution in [2.75, 3.05) is 0 Å². The van der Waals surface area contributed by atoms with Gasteiger partial charge in [-0.15, -0.1) is 0 Å². The van der Waals surface area contributed by atoms with Crippen LogP contribution in [-0.2, 0) is 0 Å². The molecule has 0 bridgehead atoms. The minimum Gasteiger partial charge on any atom is -0.309 e. The molecule has 0 unspecified atom stereocenters. The van der Waals surface area contributed by atoms with E-state index in [1.54, 1.807) is 0 Å². The zero-order valence-electron chi connectivity index (χ0n) is 8.95. The molecule has 4 heteroatoms. The van der Waals surface area contributed by atoms with E-state index >= 15 is 0 Å². The van der Waals surface area contributed by atoms with E-state index in [0.29, 0.717) is 11.1 Å². The van der Waals surface area contributed by atoms with E-state index in [9.17, 15) is 0 Å². The van der Waals surface area contributed by atoms with E-state index in [1.165, 1.54) is 12.8 Å². The van der Waals surface area contributed by atoms with Crippen LogP contribution in [0, 0.1) is 6.42 Å². The maximum Gasteiger partial charge on any atom is 0.618 e. The summed E-state index contributed by atoms with van der Waals surface area (Å²) in [5, 5.41) is 3.60. The zero-order valence-corrected chi connectivity index (χ0v) is 11.9. The van der Waals surface area contributed by atoms with Gasteiger partial charge in [0.1, 0.15) is 0 Å². The van der Waals surface area contributed by atoms with Crippen LogP contribution in [0.25, 0.3) is 0 Å². The average molecular weight is 235 g/mol. The fourth-order valence-corrected chi connectivity index (χ4v) is 1.81. The quantitative estimate of drug-likeness (QED) is 0.636. The second-order valence-corrected chi connectivity index (χ2v) is 7.32. The molecule has 0 aromatic carbocycles.